The topological polar surface area (TPSA) is 83.9 Å². The van der Waals surface area contributed by atoms with E-state index in [-0.39, 0.29) is 29.7 Å². The van der Waals surface area contributed by atoms with E-state index >= 15 is 0 Å². The molecule has 1 aromatic carbocycles. The second-order valence-electron chi connectivity index (χ2n) is 6.53. The Kier molecular flexibility index (Phi) is 6.12. The van der Waals surface area contributed by atoms with Gasteiger partial charge in [-0.3, -0.25) is 4.90 Å². The van der Waals surface area contributed by atoms with Crippen LogP contribution in [0, 0.1) is 11.3 Å². The van der Waals surface area contributed by atoms with Gasteiger partial charge in [0.2, 0.25) is 0 Å². The SMILES string of the molecule is N=N/C(=C(\N)COC1CCN(C2CCOCC2)C1)c1ccccc1F. The number of nitrogens with one attached hydrogen (secondary N) is 1. The normalized spacial score (nSPS) is 23.5. The molecule has 25 heavy (non-hydrogen) atoms. The summed E-state index contributed by atoms with van der Waals surface area (Å²) in [6.45, 7) is 3.71. The highest BCUT2D eigenvalue weighted by Gasteiger charge is 2.30. The first-order valence-electron chi connectivity index (χ1n) is 8.73. The van der Waals surface area contributed by atoms with Gasteiger partial charge in [0.05, 0.1) is 18.4 Å². The van der Waals surface area contributed by atoms with Crippen molar-refractivity contribution in [1.82, 2.24) is 4.90 Å². The molecule has 2 aliphatic heterocycles. The Hall–Kier alpha value is -1.83. The molecule has 2 saturated heterocycles. The minimum Gasteiger partial charge on any atom is -0.398 e. The predicted octanol–water partition coefficient (Wildman–Crippen LogP) is 2.75. The number of rotatable bonds is 6. The maximum absolute atomic E-state index is 13.9. The van der Waals surface area contributed by atoms with E-state index in [1.165, 1.54) is 6.07 Å². The molecule has 1 unspecified atom stereocenters. The van der Waals surface area contributed by atoms with Crippen LogP contribution >= 0.6 is 0 Å². The molecule has 2 aliphatic rings. The van der Waals surface area contributed by atoms with Crippen LogP contribution in [0.5, 0.6) is 0 Å². The van der Waals surface area contributed by atoms with Crippen LogP contribution in [0.15, 0.2) is 35.1 Å². The zero-order valence-electron chi connectivity index (χ0n) is 14.3. The number of hydrogen-bond acceptors (Lipinski definition) is 6. The lowest BCUT2D eigenvalue weighted by atomic mass is 10.1. The highest BCUT2D eigenvalue weighted by Crippen LogP contribution is 2.24. The molecule has 2 heterocycles. The van der Waals surface area contributed by atoms with Crippen molar-refractivity contribution < 1.29 is 13.9 Å². The van der Waals surface area contributed by atoms with Crippen LogP contribution in [0.25, 0.3) is 5.70 Å². The molecule has 1 aromatic rings. The first-order chi connectivity index (χ1) is 12.2. The van der Waals surface area contributed by atoms with Gasteiger partial charge < -0.3 is 15.2 Å². The largest absolute Gasteiger partial charge is 0.398 e. The number of benzene rings is 1. The smallest absolute Gasteiger partial charge is 0.132 e. The highest BCUT2D eigenvalue weighted by atomic mass is 19.1. The van der Waals surface area contributed by atoms with Gasteiger partial charge in [-0.1, -0.05) is 12.1 Å². The molecule has 7 heteroatoms. The van der Waals surface area contributed by atoms with Crippen LogP contribution < -0.4 is 5.73 Å². The van der Waals surface area contributed by atoms with Crippen molar-refractivity contribution in [3.63, 3.8) is 0 Å². The number of nitrogens with zero attached hydrogens (tertiary/aromatic N) is 2. The number of ether oxygens (including phenoxy) is 2. The van der Waals surface area contributed by atoms with E-state index in [1.54, 1.807) is 18.2 Å². The number of nitrogens with two attached hydrogens (primary N) is 1. The fraction of sp³-hybridized carbons (Fsp3) is 0.556. The van der Waals surface area contributed by atoms with E-state index < -0.39 is 5.82 Å². The molecule has 0 spiro atoms. The minimum atomic E-state index is -0.442. The first-order valence-corrected chi connectivity index (χ1v) is 8.73. The Bertz CT molecular complexity index is 631. The van der Waals surface area contributed by atoms with Crippen LogP contribution in [0.1, 0.15) is 24.8 Å². The molecule has 1 atom stereocenters. The van der Waals surface area contributed by atoms with Gasteiger partial charge in [-0.2, -0.15) is 5.11 Å². The van der Waals surface area contributed by atoms with Crippen LogP contribution in [-0.2, 0) is 9.47 Å². The van der Waals surface area contributed by atoms with E-state index in [4.69, 9.17) is 20.7 Å². The summed E-state index contributed by atoms with van der Waals surface area (Å²) >= 11 is 0. The molecule has 2 fully saturated rings. The summed E-state index contributed by atoms with van der Waals surface area (Å²) in [6.07, 6.45) is 3.21. The zero-order chi connectivity index (χ0) is 17.6. The fourth-order valence-electron chi connectivity index (χ4n) is 3.51. The summed E-state index contributed by atoms with van der Waals surface area (Å²) in [5, 5.41) is 3.41. The quantitative estimate of drug-likeness (QED) is 0.774. The summed E-state index contributed by atoms with van der Waals surface area (Å²) in [6, 6.07) is 6.76. The van der Waals surface area contributed by atoms with E-state index in [1.807, 2.05) is 0 Å². The molecule has 0 aliphatic carbocycles. The van der Waals surface area contributed by atoms with E-state index in [0.29, 0.717) is 6.04 Å². The molecular weight excluding hydrogens is 323 g/mol. The Morgan fingerprint density at radius 3 is 2.80 bits per heavy atom. The third-order valence-corrected chi connectivity index (χ3v) is 4.90. The summed E-state index contributed by atoms with van der Waals surface area (Å²) < 4.78 is 25.2. The number of hydrogen-bond donors (Lipinski definition) is 2. The molecule has 0 amide bonds. The second kappa shape index (κ2) is 8.51. The lowest BCUT2D eigenvalue weighted by molar-refractivity contribution is 0.0293. The average Bonchev–Trinajstić information content (AvgIpc) is 3.12. The average molecular weight is 348 g/mol. The van der Waals surface area contributed by atoms with Crippen molar-refractivity contribution in [2.45, 2.75) is 31.4 Å². The van der Waals surface area contributed by atoms with Crippen molar-refractivity contribution in [2.24, 2.45) is 10.8 Å². The van der Waals surface area contributed by atoms with Crippen LogP contribution in [-0.4, -0.2) is 50.0 Å². The lowest BCUT2D eigenvalue weighted by Crippen LogP contribution is -2.38. The van der Waals surface area contributed by atoms with E-state index in [9.17, 15) is 4.39 Å². The number of halogens is 1. The first kappa shape index (κ1) is 18.0. The van der Waals surface area contributed by atoms with Gasteiger partial charge in [0.1, 0.15) is 11.5 Å². The van der Waals surface area contributed by atoms with Crippen LogP contribution in [0.2, 0.25) is 0 Å². The summed E-state index contributed by atoms with van der Waals surface area (Å²) in [7, 11) is 0. The monoisotopic (exact) mass is 348 g/mol. The second-order valence-corrected chi connectivity index (χ2v) is 6.53. The third kappa shape index (κ3) is 4.42. The summed E-state index contributed by atoms with van der Waals surface area (Å²) in [5.74, 6) is -0.442. The van der Waals surface area contributed by atoms with Gasteiger partial charge in [0, 0.05) is 37.9 Å². The molecule has 136 valence electrons. The molecule has 6 nitrogen and oxygen atoms in total. The molecule has 3 rings (SSSR count). The lowest BCUT2D eigenvalue weighted by Gasteiger charge is -2.30. The Balaban J connectivity index is 1.57. The van der Waals surface area contributed by atoms with Crippen molar-refractivity contribution in [3.05, 3.63) is 41.3 Å². The molecule has 0 bridgehead atoms. The van der Waals surface area contributed by atoms with Gasteiger partial charge in [-0.05, 0) is 31.4 Å². The molecule has 0 aromatic heterocycles. The Morgan fingerprint density at radius 2 is 2.08 bits per heavy atom. The van der Waals surface area contributed by atoms with Crippen molar-refractivity contribution >= 4 is 5.70 Å². The van der Waals surface area contributed by atoms with E-state index in [2.05, 4.69) is 10.0 Å². The molecule has 0 radical (unpaired) electrons. The summed E-state index contributed by atoms with van der Waals surface area (Å²) in [4.78, 5) is 2.46. The minimum absolute atomic E-state index is 0.106. The third-order valence-electron chi connectivity index (χ3n) is 4.90. The van der Waals surface area contributed by atoms with Gasteiger partial charge >= 0.3 is 0 Å². The molecule has 0 saturated carbocycles. The van der Waals surface area contributed by atoms with Gasteiger partial charge in [0.15, 0.2) is 0 Å². The molecular formula is C18H25FN4O2. The maximum atomic E-state index is 13.9. The maximum Gasteiger partial charge on any atom is 0.132 e. The zero-order valence-corrected chi connectivity index (χ0v) is 14.3. The predicted molar refractivity (Wildman–Crippen MR) is 92.4 cm³/mol. The Labute approximate surface area is 147 Å². The molecule has 3 N–H and O–H groups in total. The van der Waals surface area contributed by atoms with Gasteiger partial charge in [-0.15, -0.1) is 0 Å². The Morgan fingerprint density at radius 1 is 1.32 bits per heavy atom. The standard InChI is InChI=1S/C18H25FN4O2/c19-16-4-2-1-3-15(16)18(22-21)17(20)12-25-14-5-8-23(11-14)13-6-9-24-10-7-13/h1-4,13-14,21H,5-12,20H2/b18-17-,22-21?. The number of likely N-dealkylation sites (tertiary alicyclic amines) is 1. The van der Waals surface area contributed by atoms with Crippen molar-refractivity contribution in [2.75, 3.05) is 32.9 Å². The highest BCUT2D eigenvalue weighted by molar-refractivity contribution is 5.67. The van der Waals surface area contributed by atoms with Crippen LogP contribution in [0.4, 0.5) is 4.39 Å². The van der Waals surface area contributed by atoms with Gasteiger partial charge in [0.25, 0.3) is 0 Å². The van der Waals surface area contributed by atoms with Crippen molar-refractivity contribution in [3.8, 4) is 0 Å². The van der Waals surface area contributed by atoms with Gasteiger partial charge in [-0.25, -0.2) is 9.92 Å². The summed E-state index contributed by atoms with van der Waals surface area (Å²) in [5.41, 5.74) is 14.0. The van der Waals surface area contributed by atoms with Crippen molar-refractivity contribution in [1.29, 1.82) is 5.53 Å². The fourth-order valence-corrected chi connectivity index (χ4v) is 3.51. The van der Waals surface area contributed by atoms with E-state index in [0.717, 1.165) is 45.6 Å². The van der Waals surface area contributed by atoms with Crippen LogP contribution in [0.3, 0.4) is 0 Å².